The van der Waals surface area contributed by atoms with Gasteiger partial charge in [-0.05, 0) is 32.4 Å². The molecule has 1 aromatic rings. The van der Waals surface area contributed by atoms with E-state index in [4.69, 9.17) is 19.2 Å². The van der Waals surface area contributed by atoms with Crippen molar-refractivity contribution in [2.45, 2.75) is 26.4 Å². The molecule has 146 valence electrons. The number of hydrogen-bond donors (Lipinski definition) is 1. The molecule has 0 aliphatic carbocycles. The lowest BCUT2D eigenvalue weighted by atomic mass is 10.1. The van der Waals surface area contributed by atoms with Gasteiger partial charge in [-0.3, -0.25) is 0 Å². The lowest BCUT2D eigenvalue weighted by molar-refractivity contribution is 0.0536. The lowest BCUT2D eigenvalue weighted by Gasteiger charge is -2.22. The molecular formula is C20H33N3O3. The molecule has 1 saturated heterocycles. The standard InChI is InChI=1S/C20H33N3O3/c1-4-21-20(22-14-17(2)26-19-8-6-5-7-9-19)23-11-10-18(15-23)16-25-13-12-24-3/h5-9,17-18H,4,10-16H2,1-3H3,(H,21,22). The van der Waals surface area contributed by atoms with Gasteiger partial charge in [0.2, 0.25) is 0 Å². The number of guanidine groups is 1. The number of hydrogen-bond acceptors (Lipinski definition) is 4. The van der Waals surface area contributed by atoms with Crippen LogP contribution in [0.25, 0.3) is 0 Å². The van der Waals surface area contributed by atoms with E-state index >= 15 is 0 Å². The predicted molar refractivity (Wildman–Crippen MR) is 105 cm³/mol. The smallest absolute Gasteiger partial charge is 0.194 e. The Morgan fingerprint density at radius 3 is 2.85 bits per heavy atom. The first-order valence-electron chi connectivity index (χ1n) is 9.54. The van der Waals surface area contributed by atoms with Crippen LogP contribution in [-0.4, -0.2) is 70.1 Å². The zero-order chi connectivity index (χ0) is 18.6. The number of nitrogens with zero attached hydrogens (tertiary/aromatic N) is 2. The number of ether oxygens (including phenoxy) is 3. The number of likely N-dealkylation sites (tertiary alicyclic amines) is 1. The van der Waals surface area contributed by atoms with Crippen LogP contribution < -0.4 is 10.1 Å². The van der Waals surface area contributed by atoms with Gasteiger partial charge >= 0.3 is 0 Å². The largest absolute Gasteiger partial charge is 0.489 e. The number of benzene rings is 1. The second kappa shape index (κ2) is 11.8. The van der Waals surface area contributed by atoms with E-state index in [9.17, 15) is 0 Å². The molecule has 6 nitrogen and oxygen atoms in total. The van der Waals surface area contributed by atoms with Crippen molar-refractivity contribution in [3.63, 3.8) is 0 Å². The Kier molecular flexibility index (Phi) is 9.28. The maximum absolute atomic E-state index is 5.92. The quantitative estimate of drug-likeness (QED) is 0.393. The van der Waals surface area contributed by atoms with Crippen LogP contribution in [0.2, 0.25) is 0 Å². The predicted octanol–water partition coefficient (Wildman–Crippen LogP) is 2.40. The highest BCUT2D eigenvalue weighted by Gasteiger charge is 2.25. The van der Waals surface area contributed by atoms with Crippen molar-refractivity contribution >= 4 is 5.96 Å². The first kappa shape index (κ1) is 20.5. The maximum atomic E-state index is 5.92. The van der Waals surface area contributed by atoms with Crippen LogP contribution in [0, 0.1) is 5.92 Å². The molecule has 1 aliphatic rings. The summed E-state index contributed by atoms with van der Waals surface area (Å²) in [6, 6.07) is 9.89. The second-order valence-corrected chi connectivity index (χ2v) is 6.60. The minimum Gasteiger partial charge on any atom is -0.489 e. The number of methoxy groups -OCH3 is 1. The molecule has 0 bridgehead atoms. The third kappa shape index (κ3) is 7.22. The molecule has 1 N–H and O–H groups in total. The Morgan fingerprint density at radius 2 is 2.12 bits per heavy atom. The van der Waals surface area contributed by atoms with E-state index in [-0.39, 0.29) is 6.10 Å². The number of nitrogens with one attached hydrogen (secondary N) is 1. The van der Waals surface area contributed by atoms with E-state index in [1.54, 1.807) is 7.11 Å². The second-order valence-electron chi connectivity index (χ2n) is 6.60. The Balaban J connectivity index is 1.80. The molecule has 26 heavy (non-hydrogen) atoms. The first-order valence-corrected chi connectivity index (χ1v) is 9.54. The molecule has 1 aromatic carbocycles. The molecule has 0 radical (unpaired) electrons. The summed E-state index contributed by atoms with van der Waals surface area (Å²) in [5, 5.41) is 3.40. The molecule has 2 atom stereocenters. The molecule has 0 amide bonds. The van der Waals surface area contributed by atoms with E-state index in [2.05, 4.69) is 24.1 Å². The summed E-state index contributed by atoms with van der Waals surface area (Å²) in [7, 11) is 1.70. The van der Waals surface area contributed by atoms with Gasteiger partial charge in [-0.1, -0.05) is 18.2 Å². The summed E-state index contributed by atoms with van der Waals surface area (Å²) >= 11 is 0. The topological polar surface area (TPSA) is 55.3 Å². The van der Waals surface area contributed by atoms with E-state index in [1.807, 2.05) is 30.3 Å². The van der Waals surface area contributed by atoms with Crippen molar-refractivity contribution in [3.05, 3.63) is 30.3 Å². The van der Waals surface area contributed by atoms with Crippen molar-refractivity contribution in [2.75, 3.05) is 53.1 Å². The Morgan fingerprint density at radius 1 is 1.31 bits per heavy atom. The van der Waals surface area contributed by atoms with Gasteiger partial charge in [0.15, 0.2) is 5.96 Å². The Bertz CT molecular complexity index is 524. The van der Waals surface area contributed by atoms with Gasteiger partial charge in [0.1, 0.15) is 11.9 Å². The summed E-state index contributed by atoms with van der Waals surface area (Å²) in [6.45, 7) is 9.73. The third-order valence-electron chi connectivity index (χ3n) is 4.28. The third-order valence-corrected chi connectivity index (χ3v) is 4.28. The van der Waals surface area contributed by atoms with Crippen LogP contribution in [0.15, 0.2) is 35.3 Å². The van der Waals surface area contributed by atoms with E-state index in [0.717, 1.165) is 44.4 Å². The van der Waals surface area contributed by atoms with Gasteiger partial charge in [-0.15, -0.1) is 0 Å². The Hall–Kier alpha value is -1.79. The fourth-order valence-electron chi connectivity index (χ4n) is 2.96. The van der Waals surface area contributed by atoms with E-state index in [1.165, 1.54) is 0 Å². The van der Waals surface area contributed by atoms with E-state index in [0.29, 0.717) is 25.7 Å². The monoisotopic (exact) mass is 363 g/mol. The van der Waals surface area contributed by atoms with Crippen LogP contribution in [0.4, 0.5) is 0 Å². The molecule has 1 aliphatic heterocycles. The van der Waals surface area contributed by atoms with Gasteiger partial charge in [0.05, 0.1) is 26.4 Å². The summed E-state index contributed by atoms with van der Waals surface area (Å²) in [6.07, 6.45) is 1.16. The van der Waals surface area contributed by atoms with Gasteiger partial charge in [-0.25, -0.2) is 4.99 Å². The highest BCUT2D eigenvalue weighted by atomic mass is 16.5. The van der Waals surface area contributed by atoms with Gasteiger partial charge in [0, 0.05) is 32.7 Å². The lowest BCUT2D eigenvalue weighted by Crippen LogP contribution is -2.41. The van der Waals surface area contributed by atoms with Crippen molar-refractivity contribution in [1.82, 2.24) is 10.2 Å². The van der Waals surface area contributed by atoms with Crippen molar-refractivity contribution in [2.24, 2.45) is 10.9 Å². The van der Waals surface area contributed by atoms with Gasteiger partial charge < -0.3 is 24.4 Å². The SMILES string of the molecule is CCNC(=NCC(C)Oc1ccccc1)N1CCC(COCCOC)C1. The molecule has 1 fully saturated rings. The molecule has 1 heterocycles. The van der Waals surface area contributed by atoms with Crippen molar-refractivity contribution in [3.8, 4) is 5.75 Å². The van der Waals surface area contributed by atoms with Crippen LogP contribution in [0.1, 0.15) is 20.3 Å². The molecule has 0 aromatic heterocycles. The number of para-hydroxylation sites is 1. The van der Waals surface area contributed by atoms with E-state index < -0.39 is 0 Å². The zero-order valence-electron chi connectivity index (χ0n) is 16.3. The summed E-state index contributed by atoms with van der Waals surface area (Å²) in [4.78, 5) is 7.10. The number of rotatable bonds is 10. The van der Waals surface area contributed by atoms with Gasteiger partial charge in [0.25, 0.3) is 0 Å². The average molecular weight is 364 g/mol. The van der Waals surface area contributed by atoms with Crippen molar-refractivity contribution < 1.29 is 14.2 Å². The molecule has 0 spiro atoms. The summed E-state index contributed by atoms with van der Waals surface area (Å²) < 4.78 is 16.6. The highest BCUT2D eigenvalue weighted by molar-refractivity contribution is 5.80. The highest BCUT2D eigenvalue weighted by Crippen LogP contribution is 2.17. The summed E-state index contributed by atoms with van der Waals surface area (Å²) in [5.74, 6) is 2.40. The van der Waals surface area contributed by atoms with Crippen LogP contribution in [-0.2, 0) is 9.47 Å². The molecule has 2 unspecified atom stereocenters. The molecule has 2 rings (SSSR count). The van der Waals surface area contributed by atoms with Crippen LogP contribution >= 0.6 is 0 Å². The van der Waals surface area contributed by atoms with Crippen molar-refractivity contribution in [1.29, 1.82) is 0 Å². The fraction of sp³-hybridized carbons (Fsp3) is 0.650. The normalized spacial score (nSPS) is 18.8. The maximum Gasteiger partial charge on any atom is 0.194 e. The fourth-order valence-corrected chi connectivity index (χ4v) is 2.96. The molecule has 6 heteroatoms. The summed E-state index contributed by atoms with van der Waals surface area (Å²) in [5.41, 5.74) is 0. The average Bonchev–Trinajstić information content (AvgIpc) is 3.12. The zero-order valence-corrected chi connectivity index (χ0v) is 16.3. The van der Waals surface area contributed by atoms with Crippen LogP contribution in [0.3, 0.4) is 0 Å². The Labute approximate surface area is 157 Å². The first-order chi connectivity index (χ1) is 12.7. The minimum atomic E-state index is 0.0295. The molecular weight excluding hydrogens is 330 g/mol. The van der Waals surface area contributed by atoms with Crippen LogP contribution in [0.5, 0.6) is 5.75 Å². The van der Waals surface area contributed by atoms with Gasteiger partial charge in [-0.2, -0.15) is 0 Å². The minimum absolute atomic E-state index is 0.0295. The number of aliphatic imine (C=N–C) groups is 1. The molecule has 0 saturated carbocycles.